The third kappa shape index (κ3) is 5.58. The number of nitrogens with zero attached hydrogens (tertiary/aromatic N) is 1. The highest BCUT2D eigenvalue weighted by molar-refractivity contribution is 9.09. The van der Waals surface area contributed by atoms with Crippen molar-refractivity contribution >= 4 is 21.8 Å². The Morgan fingerprint density at radius 1 is 1.19 bits per heavy atom. The summed E-state index contributed by atoms with van der Waals surface area (Å²) in [5.74, 6) is 1.48. The van der Waals surface area contributed by atoms with Gasteiger partial charge in [0.15, 0.2) is 11.5 Å². The Labute approximate surface area is 135 Å². The Morgan fingerprint density at radius 2 is 1.90 bits per heavy atom. The fourth-order valence-electron chi connectivity index (χ4n) is 2.09. The van der Waals surface area contributed by atoms with Crippen LogP contribution >= 0.6 is 15.9 Å². The van der Waals surface area contributed by atoms with E-state index in [0.29, 0.717) is 17.9 Å². The molecule has 0 saturated carbocycles. The first kappa shape index (κ1) is 17.8. The Kier molecular flexibility index (Phi) is 8.20. The summed E-state index contributed by atoms with van der Waals surface area (Å²) in [6.45, 7) is 3.69. The molecule has 0 fully saturated rings. The predicted octanol–water partition coefficient (Wildman–Crippen LogP) is 3.27. The standard InChI is InChI=1S/C16H24BrNO3/c1-4-5-9-18(10-8-17)16(19)12-13-6-7-14(20-2)15(11-13)21-3/h6-7,11H,4-5,8-10,12H2,1-3H3. The van der Waals surface area contributed by atoms with Crippen LogP contribution in [-0.4, -0.2) is 43.4 Å². The molecule has 0 bridgehead atoms. The first-order chi connectivity index (χ1) is 10.2. The van der Waals surface area contributed by atoms with E-state index in [0.717, 1.165) is 36.8 Å². The largest absolute Gasteiger partial charge is 0.493 e. The summed E-state index contributed by atoms with van der Waals surface area (Å²) in [7, 11) is 3.20. The van der Waals surface area contributed by atoms with Crippen LogP contribution in [0, 0.1) is 0 Å². The average molecular weight is 358 g/mol. The Morgan fingerprint density at radius 3 is 2.48 bits per heavy atom. The zero-order valence-electron chi connectivity index (χ0n) is 13.0. The molecule has 0 unspecified atom stereocenters. The van der Waals surface area contributed by atoms with E-state index in [1.807, 2.05) is 23.1 Å². The highest BCUT2D eigenvalue weighted by Gasteiger charge is 2.14. The number of methoxy groups -OCH3 is 2. The highest BCUT2D eigenvalue weighted by atomic mass is 79.9. The summed E-state index contributed by atoms with van der Waals surface area (Å²) in [6.07, 6.45) is 2.50. The van der Waals surface area contributed by atoms with Gasteiger partial charge in [0.1, 0.15) is 0 Å². The minimum absolute atomic E-state index is 0.148. The normalized spacial score (nSPS) is 10.3. The zero-order chi connectivity index (χ0) is 15.7. The van der Waals surface area contributed by atoms with E-state index in [-0.39, 0.29) is 5.91 Å². The maximum atomic E-state index is 12.4. The number of halogens is 1. The van der Waals surface area contributed by atoms with E-state index in [9.17, 15) is 4.79 Å². The first-order valence-corrected chi connectivity index (χ1v) is 8.33. The van der Waals surface area contributed by atoms with Crippen molar-refractivity contribution in [2.45, 2.75) is 26.2 Å². The fourth-order valence-corrected chi connectivity index (χ4v) is 2.52. The van der Waals surface area contributed by atoms with Gasteiger partial charge in [0.2, 0.25) is 5.91 Å². The molecule has 0 aromatic heterocycles. The molecular formula is C16H24BrNO3. The van der Waals surface area contributed by atoms with E-state index in [1.165, 1.54) is 0 Å². The second-order valence-corrected chi connectivity index (χ2v) is 5.58. The number of ether oxygens (including phenoxy) is 2. The molecule has 0 spiro atoms. The van der Waals surface area contributed by atoms with Crippen LogP contribution in [0.5, 0.6) is 11.5 Å². The van der Waals surface area contributed by atoms with Crippen LogP contribution in [0.25, 0.3) is 0 Å². The number of amides is 1. The molecule has 4 nitrogen and oxygen atoms in total. The predicted molar refractivity (Wildman–Crippen MR) is 88.5 cm³/mol. The van der Waals surface area contributed by atoms with Gasteiger partial charge in [0.05, 0.1) is 20.6 Å². The number of carbonyl (C=O) groups is 1. The lowest BCUT2D eigenvalue weighted by Gasteiger charge is -2.22. The second-order valence-electron chi connectivity index (χ2n) is 4.79. The molecule has 1 amide bonds. The van der Waals surface area contributed by atoms with Crippen LogP contribution in [0.2, 0.25) is 0 Å². The molecule has 1 aromatic rings. The van der Waals surface area contributed by atoms with Gasteiger partial charge in [0, 0.05) is 18.4 Å². The molecule has 0 heterocycles. The minimum atomic E-state index is 0.148. The van der Waals surface area contributed by atoms with Crippen molar-refractivity contribution in [3.8, 4) is 11.5 Å². The molecule has 0 aliphatic rings. The van der Waals surface area contributed by atoms with Gasteiger partial charge in [-0.25, -0.2) is 0 Å². The molecule has 118 valence electrons. The minimum Gasteiger partial charge on any atom is -0.493 e. The molecule has 0 radical (unpaired) electrons. The quantitative estimate of drug-likeness (QED) is 0.636. The first-order valence-electron chi connectivity index (χ1n) is 7.20. The number of rotatable bonds is 9. The Hall–Kier alpha value is -1.23. The van der Waals surface area contributed by atoms with Gasteiger partial charge in [0.25, 0.3) is 0 Å². The maximum Gasteiger partial charge on any atom is 0.227 e. The van der Waals surface area contributed by atoms with Gasteiger partial charge in [-0.05, 0) is 24.1 Å². The smallest absolute Gasteiger partial charge is 0.227 e. The lowest BCUT2D eigenvalue weighted by atomic mass is 10.1. The van der Waals surface area contributed by atoms with E-state index in [2.05, 4.69) is 22.9 Å². The lowest BCUT2D eigenvalue weighted by Crippen LogP contribution is -2.34. The molecule has 1 rings (SSSR count). The summed E-state index contributed by atoms with van der Waals surface area (Å²) in [4.78, 5) is 14.3. The van der Waals surface area contributed by atoms with Gasteiger partial charge in [-0.15, -0.1) is 0 Å². The van der Waals surface area contributed by atoms with E-state index < -0.39 is 0 Å². The molecule has 5 heteroatoms. The maximum absolute atomic E-state index is 12.4. The summed E-state index contributed by atoms with van der Waals surface area (Å²) in [6, 6.07) is 5.61. The molecule has 0 aliphatic carbocycles. The van der Waals surface area contributed by atoms with Gasteiger partial charge < -0.3 is 14.4 Å². The summed E-state index contributed by atoms with van der Waals surface area (Å²) >= 11 is 3.41. The number of benzene rings is 1. The number of carbonyl (C=O) groups excluding carboxylic acids is 1. The number of alkyl halides is 1. The summed E-state index contributed by atoms with van der Waals surface area (Å²) in [5, 5.41) is 0.800. The van der Waals surface area contributed by atoms with Gasteiger partial charge in [-0.3, -0.25) is 4.79 Å². The third-order valence-electron chi connectivity index (χ3n) is 3.29. The van der Waals surface area contributed by atoms with E-state index in [4.69, 9.17) is 9.47 Å². The third-order valence-corrected chi connectivity index (χ3v) is 3.65. The van der Waals surface area contributed by atoms with Gasteiger partial charge in [-0.1, -0.05) is 35.3 Å². The Balaban J connectivity index is 2.75. The van der Waals surface area contributed by atoms with Crippen molar-refractivity contribution < 1.29 is 14.3 Å². The van der Waals surface area contributed by atoms with Crippen molar-refractivity contribution in [1.82, 2.24) is 4.90 Å². The van der Waals surface area contributed by atoms with Crippen molar-refractivity contribution in [1.29, 1.82) is 0 Å². The molecule has 0 aliphatic heterocycles. The molecule has 0 saturated heterocycles. The van der Waals surface area contributed by atoms with Crippen molar-refractivity contribution in [2.24, 2.45) is 0 Å². The van der Waals surface area contributed by atoms with Gasteiger partial charge >= 0.3 is 0 Å². The topological polar surface area (TPSA) is 38.8 Å². The number of hydrogen-bond donors (Lipinski definition) is 0. The van der Waals surface area contributed by atoms with Crippen LogP contribution < -0.4 is 9.47 Å². The molecular weight excluding hydrogens is 334 g/mol. The van der Waals surface area contributed by atoms with Crippen molar-refractivity contribution in [3.63, 3.8) is 0 Å². The number of unbranched alkanes of at least 4 members (excludes halogenated alkanes) is 1. The number of hydrogen-bond acceptors (Lipinski definition) is 3. The van der Waals surface area contributed by atoms with Crippen LogP contribution in [0.4, 0.5) is 0 Å². The SMILES string of the molecule is CCCCN(CCBr)C(=O)Cc1ccc(OC)c(OC)c1. The highest BCUT2D eigenvalue weighted by Crippen LogP contribution is 2.27. The van der Waals surface area contributed by atoms with Crippen molar-refractivity contribution in [2.75, 3.05) is 32.6 Å². The van der Waals surface area contributed by atoms with E-state index >= 15 is 0 Å². The average Bonchev–Trinajstić information content (AvgIpc) is 2.51. The summed E-state index contributed by atoms with van der Waals surface area (Å²) in [5.41, 5.74) is 0.939. The summed E-state index contributed by atoms with van der Waals surface area (Å²) < 4.78 is 10.5. The monoisotopic (exact) mass is 357 g/mol. The zero-order valence-corrected chi connectivity index (χ0v) is 14.6. The van der Waals surface area contributed by atoms with Crippen LogP contribution in [0.15, 0.2) is 18.2 Å². The molecule has 21 heavy (non-hydrogen) atoms. The van der Waals surface area contributed by atoms with Crippen LogP contribution in [0.1, 0.15) is 25.3 Å². The van der Waals surface area contributed by atoms with Gasteiger partial charge in [-0.2, -0.15) is 0 Å². The van der Waals surface area contributed by atoms with Crippen LogP contribution in [-0.2, 0) is 11.2 Å². The molecule has 0 atom stereocenters. The Bertz CT molecular complexity index is 451. The second kappa shape index (κ2) is 9.66. The van der Waals surface area contributed by atoms with Crippen molar-refractivity contribution in [3.05, 3.63) is 23.8 Å². The molecule has 0 N–H and O–H groups in total. The van der Waals surface area contributed by atoms with Crippen LogP contribution in [0.3, 0.4) is 0 Å². The fraction of sp³-hybridized carbons (Fsp3) is 0.562. The lowest BCUT2D eigenvalue weighted by molar-refractivity contribution is -0.130. The van der Waals surface area contributed by atoms with E-state index in [1.54, 1.807) is 14.2 Å². The molecule has 1 aromatic carbocycles.